The van der Waals surface area contributed by atoms with Gasteiger partial charge in [0, 0.05) is 23.2 Å². The van der Waals surface area contributed by atoms with Gasteiger partial charge in [0.05, 0.1) is 14.2 Å². The van der Waals surface area contributed by atoms with Gasteiger partial charge in [0.1, 0.15) is 11.5 Å². The van der Waals surface area contributed by atoms with E-state index in [9.17, 15) is 4.79 Å². The maximum Gasteiger partial charge on any atom is 0.250 e. The molecule has 0 radical (unpaired) electrons. The Morgan fingerprint density at radius 2 is 2.20 bits per heavy atom. The number of ether oxygens (including phenoxy) is 2. The van der Waals surface area contributed by atoms with Gasteiger partial charge in [0.15, 0.2) is 5.13 Å². The lowest BCUT2D eigenvalue weighted by atomic mass is 10.1. The first-order chi connectivity index (χ1) is 9.72. The summed E-state index contributed by atoms with van der Waals surface area (Å²) in [5, 5.41) is 5.03. The second kappa shape index (κ2) is 6.72. The van der Waals surface area contributed by atoms with Crippen LogP contribution in [0, 0.1) is 0 Å². The molecule has 104 valence electrons. The van der Waals surface area contributed by atoms with Gasteiger partial charge in [-0.1, -0.05) is 0 Å². The molecule has 1 amide bonds. The van der Waals surface area contributed by atoms with Crippen LogP contribution in [-0.2, 0) is 4.79 Å². The zero-order valence-electron chi connectivity index (χ0n) is 11.1. The fourth-order valence-electron chi connectivity index (χ4n) is 1.57. The minimum absolute atomic E-state index is 0.246. The highest BCUT2D eigenvalue weighted by molar-refractivity contribution is 7.13. The Hall–Kier alpha value is -2.34. The van der Waals surface area contributed by atoms with Crippen molar-refractivity contribution in [1.29, 1.82) is 0 Å². The summed E-state index contributed by atoms with van der Waals surface area (Å²) in [6, 6.07) is 5.38. The number of nitrogens with zero attached hydrogens (tertiary/aromatic N) is 1. The number of benzene rings is 1. The molecule has 1 aromatic heterocycles. The minimum Gasteiger partial charge on any atom is -0.497 e. The standard InChI is InChI=1S/C14H14N2O3S/c1-18-11-4-5-12(19-2)10(9-11)3-6-13(17)16-14-15-7-8-20-14/h3-9H,1-2H3,(H,15,16,17)/b6-3+. The van der Waals surface area contributed by atoms with Gasteiger partial charge in [-0.05, 0) is 24.3 Å². The van der Waals surface area contributed by atoms with Crippen LogP contribution in [0.25, 0.3) is 6.08 Å². The molecule has 1 heterocycles. The number of amides is 1. The normalized spacial score (nSPS) is 10.5. The van der Waals surface area contributed by atoms with Gasteiger partial charge in [-0.15, -0.1) is 11.3 Å². The molecular weight excluding hydrogens is 276 g/mol. The Labute approximate surface area is 120 Å². The monoisotopic (exact) mass is 290 g/mol. The summed E-state index contributed by atoms with van der Waals surface area (Å²) >= 11 is 1.37. The third-order valence-corrected chi connectivity index (χ3v) is 3.20. The molecule has 1 aromatic carbocycles. The van der Waals surface area contributed by atoms with Gasteiger partial charge < -0.3 is 9.47 Å². The van der Waals surface area contributed by atoms with Crippen molar-refractivity contribution in [3.05, 3.63) is 41.4 Å². The molecular formula is C14H14N2O3S. The molecule has 20 heavy (non-hydrogen) atoms. The smallest absolute Gasteiger partial charge is 0.250 e. The summed E-state index contributed by atoms with van der Waals surface area (Å²) in [5.41, 5.74) is 0.765. The van der Waals surface area contributed by atoms with Crippen molar-refractivity contribution in [2.75, 3.05) is 19.5 Å². The predicted molar refractivity (Wildman–Crippen MR) is 79.3 cm³/mol. The molecule has 2 aromatic rings. The number of hydrogen-bond donors (Lipinski definition) is 1. The largest absolute Gasteiger partial charge is 0.497 e. The highest BCUT2D eigenvalue weighted by atomic mass is 32.1. The summed E-state index contributed by atoms with van der Waals surface area (Å²) in [6.45, 7) is 0. The molecule has 0 aliphatic rings. The van der Waals surface area contributed by atoms with Crippen LogP contribution < -0.4 is 14.8 Å². The highest BCUT2D eigenvalue weighted by Crippen LogP contribution is 2.25. The first-order valence-corrected chi connectivity index (χ1v) is 6.71. The molecule has 0 aliphatic heterocycles. The van der Waals surface area contributed by atoms with E-state index in [1.165, 1.54) is 17.4 Å². The Balaban J connectivity index is 2.11. The first kappa shape index (κ1) is 14.1. The predicted octanol–water partition coefficient (Wildman–Crippen LogP) is 2.81. The number of hydrogen-bond acceptors (Lipinski definition) is 5. The molecule has 0 unspecified atom stereocenters. The number of carbonyl (C=O) groups is 1. The molecule has 0 fully saturated rings. The summed E-state index contributed by atoms with van der Waals surface area (Å²) in [6.07, 6.45) is 4.73. The fraction of sp³-hybridized carbons (Fsp3) is 0.143. The molecule has 0 saturated carbocycles. The minimum atomic E-state index is -0.246. The van der Waals surface area contributed by atoms with Crippen LogP contribution in [0.2, 0.25) is 0 Å². The number of rotatable bonds is 5. The van der Waals surface area contributed by atoms with Crippen LogP contribution in [0.5, 0.6) is 11.5 Å². The lowest BCUT2D eigenvalue weighted by Crippen LogP contribution is -2.07. The highest BCUT2D eigenvalue weighted by Gasteiger charge is 2.04. The maximum atomic E-state index is 11.7. The van der Waals surface area contributed by atoms with Gasteiger partial charge in [-0.25, -0.2) is 4.98 Å². The molecule has 5 nitrogen and oxygen atoms in total. The third kappa shape index (κ3) is 3.58. The van der Waals surface area contributed by atoms with E-state index >= 15 is 0 Å². The van der Waals surface area contributed by atoms with Gasteiger partial charge in [0.2, 0.25) is 5.91 Å². The average molecular weight is 290 g/mol. The van der Waals surface area contributed by atoms with Crippen LogP contribution >= 0.6 is 11.3 Å². The lowest BCUT2D eigenvalue weighted by molar-refractivity contribution is -0.111. The zero-order chi connectivity index (χ0) is 14.4. The summed E-state index contributed by atoms with van der Waals surface area (Å²) in [7, 11) is 3.17. The zero-order valence-corrected chi connectivity index (χ0v) is 11.9. The molecule has 1 N–H and O–H groups in total. The molecule has 0 bridgehead atoms. The van der Waals surface area contributed by atoms with E-state index in [1.807, 2.05) is 0 Å². The second-order valence-electron chi connectivity index (χ2n) is 3.77. The summed E-state index contributed by atoms with van der Waals surface area (Å²) in [5.74, 6) is 1.12. The topological polar surface area (TPSA) is 60.5 Å². The SMILES string of the molecule is COc1ccc(OC)c(/C=C/C(=O)Nc2nccs2)c1. The number of anilines is 1. The van der Waals surface area contributed by atoms with Crippen LogP contribution in [0.15, 0.2) is 35.9 Å². The van der Waals surface area contributed by atoms with E-state index in [0.717, 1.165) is 5.56 Å². The van der Waals surface area contributed by atoms with E-state index in [0.29, 0.717) is 16.6 Å². The number of carbonyl (C=O) groups excluding carboxylic acids is 1. The maximum absolute atomic E-state index is 11.7. The first-order valence-electron chi connectivity index (χ1n) is 5.83. The Bertz CT molecular complexity index is 609. The van der Waals surface area contributed by atoms with Crippen molar-refractivity contribution in [2.45, 2.75) is 0 Å². The van der Waals surface area contributed by atoms with Gasteiger partial charge in [-0.2, -0.15) is 0 Å². The lowest BCUT2D eigenvalue weighted by Gasteiger charge is -2.07. The Morgan fingerprint density at radius 3 is 2.85 bits per heavy atom. The van der Waals surface area contributed by atoms with Crippen molar-refractivity contribution >= 4 is 28.5 Å². The molecule has 0 saturated heterocycles. The number of nitrogens with one attached hydrogen (secondary N) is 1. The molecule has 0 atom stereocenters. The second-order valence-corrected chi connectivity index (χ2v) is 4.66. The van der Waals surface area contributed by atoms with Gasteiger partial charge >= 0.3 is 0 Å². The summed E-state index contributed by atoms with van der Waals surface area (Å²) in [4.78, 5) is 15.7. The van der Waals surface area contributed by atoms with Crippen LogP contribution in [0.3, 0.4) is 0 Å². The van der Waals surface area contributed by atoms with Crippen LogP contribution in [0.4, 0.5) is 5.13 Å². The van der Waals surface area contributed by atoms with Gasteiger partial charge in [0.25, 0.3) is 0 Å². The average Bonchev–Trinajstić information content (AvgIpc) is 2.97. The Morgan fingerprint density at radius 1 is 1.35 bits per heavy atom. The fourth-order valence-corrected chi connectivity index (χ4v) is 2.10. The van der Waals surface area contributed by atoms with Crippen molar-refractivity contribution in [3.8, 4) is 11.5 Å². The molecule has 6 heteroatoms. The Kier molecular flexibility index (Phi) is 4.73. The quantitative estimate of drug-likeness (QED) is 0.860. The molecule has 2 rings (SSSR count). The van der Waals surface area contributed by atoms with Crippen LogP contribution in [-0.4, -0.2) is 25.1 Å². The molecule has 0 spiro atoms. The van der Waals surface area contributed by atoms with E-state index in [4.69, 9.17) is 9.47 Å². The summed E-state index contributed by atoms with van der Waals surface area (Å²) < 4.78 is 10.4. The number of methoxy groups -OCH3 is 2. The number of thiazole rings is 1. The van der Waals surface area contributed by atoms with Crippen molar-refractivity contribution in [1.82, 2.24) is 4.98 Å². The van der Waals surface area contributed by atoms with E-state index in [-0.39, 0.29) is 5.91 Å². The van der Waals surface area contributed by atoms with Crippen molar-refractivity contribution < 1.29 is 14.3 Å². The van der Waals surface area contributed by atoms with Gasteiger partial charge in [-0.3, -0.25) is 10.1 Å². The van der Waals surface area contributed by atoms with Crippen LogP contribution in [0.1, 0.15) is 5.56 Å². The third-order valence-electron chi connectivity index (χ3n) is 2.51. The van der Waals surface area contributed by atoms with E-state index in [1.54, 1.807) is 50.1 Å². The molecule has 0 aliphatic carbocycles. The van der Waals surface area contributed by atoms with E-state index < -0.39 is 0 Å². The van der Waals surface area contributed by atoms with E-state index in [2.05, 4.69) is 10.3 Å². The van der Waals surface area contributed by atoms with Crippen molar-refractivity contribution in [3.63, 3.8) is 0 Å². The number of aromatic nitrogens is 1. The van der Waals surface area contributed by atoms with Crippen molar-refractivity contribution in [2.24, 2.45) is 0 Å².